The molecule has 1 saturated carbocycles. The number of rotatable bonds is 12. The molecule has 4 unspecified atom stereocenters. The van der Waals surface area contributed by atoms with Crippen molar-refractivity contribution in [1.82, 2.24) is 0 Å². The number of carbonyl (C=O) groups excluding carboxylic acids is 1. The van der Waals surface area contributed by atoms with E-state index in [2.05, 4.69) is 26.0 Å². The van der Waals surface area contributed by atoms with E-state index in [1.54, 1.807) is 0 Å². The minimum atomic E-state index is -0.440. The summed E-state index contributed by atoms with van der Waals surface area (Å²) in [4.78, 5) is 23.4. The summed E-state index contributed by atoms with van der Waals surface area (Å²) in [5, 5.41) is 0. The lowest BCUT2D eigenvalue weighted by atomic mass is 9.71. The summed E-state index contributed by atoms with van der Waals surface area (Å²) in [5.74, 6) is 0.559. The van der Waals surface area contributed by atoms with Gasteiger partial charge in [0.15, 0.2) is 0 Å². The zero-order chi connectivity index (χ0) is 18.8. The van der Waals surface area contributed by atoms with Gasteiger partial charge < -0.3 is 0 Å². The lowest BCUT2D eigenvalue weighted by Crippen LogP contribution is -2.52. The van der Waals surface area contributed by atoms with Crippen LogP contribution in [0.1, 0.15) is 104 Å². The number of carbonyl (C=O) groups is 1. The van der Waals surface area contributed by atoms with Crippen LogP contribution < -0.4 is 0 Å². The van der Waals surface area contributed by atoms with Gasteiger partial charge in [0.2, 0.25) is 0 Å². The minimum Gasteiger partial charge on any atom is -0.299 e. The molecular weight excluding hydrogens is 324 g/mol. The molecule has 1 heterocycles. The quantitative estimate of drug-likeness (QED) is 0.223. The van der Waals surface area contributed by atoms with Crippen LogP contribution in [0.3, 0.4) is 0 Å². The van der Waals surface area contributed by atoms with Gasteiger partial charge in [-0.1, -0.05) is 83.8 Å². The third kappa shape index (κ3) is 6.49. The Morgan fingerprint density at radius 2 is 1.65 bits per heavy atom. The zero-order valence-corrected chi connectivity index (χ0v) is 17.3. The minimum absolute atomic E-state index is 0.0218. The molecule has 150 valence electrons. The SMILES string of the molecule is CCCCCCCCCCCCC=CC1(C)OOC2CC1CC(=O)C2C. The monoisotopic (exact) mass is 364 g/mol. The molecule has 0 amide bonds. The van der Waals surface area contributed by atoms with Crippen molar-refractivity contribution in [1.29, 1.82) is 0 Å². The normalized spacial score (nSPS) is 31.7. The largest absolute Gasteiger partial charge is 0.299 e. The fraction of sp³-hybridized carbons (Fsp3) is 0.870. The molecule has 2 fully saturated rings. The fourth-order valence-electron chi connectivity index (χ4n) is 4.23. The maximum absolute atomic E-state index is 12.1. The van der Waals surface area contributed by atoms with E-state index >= 15 is 0 Å². The maximum Gasteiger partial charge on any atom is 0.138 e. The average molecular weight is 365 g/mol. The molecule has 2 aliphatic rings. The van der Waals surface area contributed by atoms with E-state index < -0.39 is 5.60 Å². The number of ketones is 1. The molecule has 1 aliphatic heterocycles. The van der Waals surface area contributed by atoms with Crippen molar-refractivity contribution in [3.8, 4) is 0 Å². The van der Waals surface area contributed by atoms with Crippen LogP contribution in [0.5, 0.6) is 0 Å². The van der Waals surface area contributed by atoms with Crippen molar-refractivity contribution in [3.63, 3.8) is 0 Å². The second-order valence-corrected chi connectivity index (χ2v) is 8.67. The van der Waals surface area contributed by atoms with Crippen LogP contribution >= 0.6 is 0 Å². The predicted molar refractivity (Wildman–Crippen MR) is 107 cm³/mol. The molecule has 1 saturated heterocycles. The molecule has 4 atom stereocenters. The van der Waals surface area contributed by atoms with Crippen molar-refractivity contribution >= 4 is 5.78 Å². The second kappa shape index (κ2) is 11.2. The third-order valence-electron chi connectivity index (χ3n) is 6.36. The van der Waals surface area contributed by atoms with Gasteiger partial charge in [-0.05, 0) is 26.2 Å². The number of unbranched alkanes of at least 4 members (excludes halogenated alkanes) is 10. The van der Waals surface area contributed by atoms with Crippen LogP contribution in [0.15, 0.2) is 12.2 Å². The van der Waals surface area contributed by atoms with Gasteiger partial charge in [0.1, 0.15) is 17.5 Å². The summed E-state index contributed by atoms with van der Waals surface area (Å²) in [6, 6.07) is 0. The maximum atomic E-state index is 12.1. The van der Waals surface area contributed by atoms with Gasteiger partial charge in [0.25, 0.3) is 0 Å². The molecule has 26 heavy (non-hydrogen) atoms. The van der Waals surface area contributed by atoms with Gasteiger partial charge in [-0.3, -0.25) is 4.79 Å². The van der Waals surface area contributed by atoms with Gasteiger partial charge in [-0.2, -0.15) is 0 Å². The fourth-order valence-corrected chi connectivity index (χ4v) is 4.23. The van der Waals surface area contributed by atoms with Gasteiger partial charge in [-0.25, -0.2) is 9.78 Å². The molecule has 1 aliphatic carbocycles. The van der Waals surface area contributed by atoms with Crippen LogP contribution in [0.4, 0.5) is 0 Å². The van der Waals surface area contributed by atoms with Crippen LogP contribution in [0.25, 0.3) is 0 Å². The van der Waals surface area contributed by atoms with E-state index in [1.165, 1.54) is 64.2 Å². The van der Waals surface area contributed by atoms with E-state index in [9.17, 15) is 4.79 Å². The first-order valence-electron chi connectivity index (χ1n) is 11.1. The summed E-state index contributed by atoms with van der Waals surface area (Å²) < 4.78 is 0. The Morgan fingerprint density at radius 1 is 1.04 bits per heavy atom. The Bertz CT molecular complexity index is 445. The average Bonchev–Trinajstić information content (AvgIpc) is 2.63. The highest BCUT2D eigenvalue weighted by Gasteiger charge is 2.48. The van der Waals surface area contributed by atoms with Gasteiger partial charge in [0.05, 0.1) is 0 Å². The first-order valence-corrected chi connectivity index (χ1v) is 11.1. The van der Waals surface area contributed by atoms with Crippen LogP contribution in [0.2, 0.25) is 0 Å². The summed E-state index contributed by atoms with van der Waals surface area (Å²) in [6.07, 6.45) is 20.7. The molecule has 2 rings (SSSR count). The Hall–Kier alpha value is -0.670. The van der Waals surface area contributed by atoms with E-state index in [1.807, 2.05) is 6.92 Å². The number of hydrogen-bond acceptors (Lipinski definition) is 3. The van der Waals surface area contributed by atoms with Gasteiger partial charge in [-0.15, -0.1) is 0 Å². The molecule has 2 bridgehead atoms. The molecule has 0 N–H and O–H groups in total. The summed E-state index contributed by atoms with van der Waals surface area (Å²) in [7, 11) is 0. The standard InChI is InChI=1S/C23H40O3/c1-4-5-6-7-8-9-10-11-12-13-14-15-16-23(3)20-17-21(24)19(2)22(18-20)25-26-23/h15-16,19-20,22H,4-14,17-18H2,1-3H3. The Labute approximate surface area is 160 Å². The summed E-state index contributed by atoms with van der Waals surface area (Å²) in [6.45, 7) is 6.29. The van der Waals surface area contributed by atoms with E-state index in [0.717, 1.165) is 12.8 Å². The molecule has 0 aromatic carbocycles. The van der Waals surface area contributed by atoms with Crippen LogP contribution in [-0.2, 0) is 14.6 Å². The van der Waals surface area contributed by atoms with E-state index in [4.69, 9.17) is 9.78 Å². The molecule has 0 radical (unpaired) electrons. The van der Waals surface area contributed by atoms with E-state index in [0.29, 0.717) is 12.2 Å². The molecule has 0 aromatic heterocycles. The molecular formula is C23H40O3. The Balaban J connectivity index is 1.55. The highest BCUT2D eigenvalue weighted by Crippen LogP contribution is 2.42. The molecule has 0 spiro atoms. The van der Waals surface area contributed by atoms with Crippen LogP contribution in [-0.4, -0.2) is 17.5 Å². The topological polar surface area (TPSA) is 35.5 Å². The Kier molecular flexibility index (Phi) is 9.35. The number of hydrogen-bond donors (Lipinski definition) is 0. The number of fused-ring (bicyclic) bond motifs is 2. The zero-order valence-electron chi connectivity index (χ0n) is 17.3. The van der Waals surface area contributed by atoms with Crippen molar-refractivity contribution in [2.45, 2.75) is 116 Å². The summed E-state index contributed by atoms with van der Waals surface area (Å²) in [5.41, 5.74) is -0.440. The Morgan fingerprint density at radius 3 is 2.31 bits per heavy atom. The first-order chi connectivity index (χ1) is 12.6. The molecule has 3 heteroatoms. The number of Topliss-reactive ketones (excluding diaryl/α,β-unsaturated/α-hetero) is 1. The highest BCUT2D eigenvalue weighted by molar-refractivity contribution is 5.82. The summed E-state index contributed by atoms with van der Waals surface area (Å²) >= 11 is 0. The van der Waals surface area contributed by atoms with Crippen LogP contribution in [0, 0.1) is 11.8 Å². The van der Waals surface area contributed by atoms with Gasteiger partial charge in [0, 0.05) is 18.3 Å². The molecule has 3 nitrogen and oxygen atoms in total. The lowest BCUT2D eigenvalue weighted by molar-refractivity contribution is -0.415. The van der Waals surface area contributed by atoms with Crippen molar-refractivity contribution in [2.75, 3.05) is 0 Å². The van der Waals surface area contributed by atoms with Crippen molar-refractivity contribution in [2.24, 2.45) is 11.8 Å². The molecule has 0 aromatic rings. The van der Waals surface area contributed by atoms with Gasteiger partial charge >= 0.3 is 0 Å². The first kappa shape index (κ1) is 21.6. The van der Waals surface area contributed by atoms with E-state index in [-0.39, 0.29) is 17.9 Å². The predicted octanol–water partition coefficient (Wildman–Crippen LogP) is 6.56. The second-order valence-electron chi connectivity index (χ2n) is 8.67. The number of allylic oxidation sites excluding steroid dienone is 1. The van der Waals surface area contributed by atoms with Crippen molar-refractivity contribution in [3.05, 3.63) is 12.2 Å². The lowest BCUT2D eigenvalue weighted by Gasteiger charge is -2.45. The van der Waals surface area contributed by atoms with Crippen molar-refractivity contribution < 1.29 is 14.6 Å². The third-order valence-corrected chi connectivity index (χ3v) is 6.36. The highest BCUT2D eigenvalue weighted by atomic mass is 17.2. The smallest absolute Gasteiger partial charge is 0.138 e.